The fourth-order valence-corrected chi connectivity index (χ4v) is 1.79. The smallest absolute Gasteiger partial charge is 0.224 e. The van der Waals surface area contributed by atoms with E-state index in [1.807, 2.05) is 18.2 Å². The van der Waals surface area contributed by atoms with Crippen LogP contribution in [0.2, 0.25) is 0 Å². The maximum atomic E-state index is 5.81. The molecule has 0 aliphatic heterocycles. The number of nitrogens with zero attached hydrogens (tertiary/aromatic N) is 2. The molecule has 4 heteroatoms. The Hall–Kier alpha value is -1.84. The van der Waals surface area contributed by atoms with Crippen LogP contribution in [0.5, 0.6) is 5.88 Å². The topological polar surface area (TPSA) is 61.0 Å². The number of hydrogen-bond acceptors (Lipinski definition) is 4. The van der Waals surface area contributed by atoms with E-state index in [-0.39, 0.29) is 0 Å². The van der Waals surface area contributed by atoms with Crippen LogP contribution in [0.15, 0.2) is 24.5 Å². The summed E-state index contributed by atoms with van der Waals surface area (Å²) in [7, 11) is 0. The van der Waals surface area contributed by atoms with Gasteiger partial charge in [0.15, 0.2) is 0 Å². The highest BCUT2D eigenvalue weighted by Gasteiger charge is 2.20. The lowest BCUT2D eigenvalue weighted by Gasteiger charge is -2.26. The van der Waals surface area contributed by atoms with Gasteiger partial charge >= 0.3 is 0 Å². The second-order valence-electron chi connectivity index (χ2n) is 4.13. The number of aromatic nitrogens is 2. The van der Waals surface area contributed by atoms with Crippen LogP contribution in [0.1, 0.15) is 19.3 Å². The summed E-state index contributed by atoms with van der Waals surface area (Å²) in [5.74, 6) is 0.676. The number of hydrogen-bond donors (Lipinski definition) is 1. The van der Waals surface area contributed by atoms with Crippen LogP contribution in [-0.2, 0) is 0 Å². The summed E-state index contributed by atoms with van der Waals surface area (Å²) >= 11 is 0. The third kappa shape index (κ3) is 1.56. The van der Waals surface area contributed by atoms with Gasteiger partial charge in [-0.2, -0.15) is 0 Å². The SMILES string of the molecule is Nc1ccc2c(OC3CCC3)ncnc2c1. The molecule has 0 radical (unpaired) electrons. The molecule has 0 atom stereocenters. The zero-order valence-corrected chi connectivity index (χ0v) is 8.89. The van der Waals surface area contributed by atoms with E-state index in [4.69, 9.17) is 10.5 Å². The number of rotatable bonds is 2. The van der Waals surface area contributed by atoms with Gasteiger partial charge in [-0.1, -0.05) is 0 Å². The molecule has 2 N–H and O–H groups in total. The van der Waals surface area contributed by atoms with E-state index in [0.717, 1.165) is 23.7 Å². The van der Waals surface area contributed by atoms with Gasteiger partial charge in [-0.25, -0.2) is 9.97 Å². The van der Waals surface area contributed by atoms with E-state index in [2.05, 4.69) is 9.97 Å². The van der Waals surface area contributed by atoms with Crippen molar-refractivity contribution in [1.29, 1.82) is 0 Å². The van der Waals surface area contributed by atoms with Crippen molar-refractivity contribution >= 4 is 16.6 Å². The van der Waals surface area contributed by atoms with Crippen LogP contribution in [0, 0.1) is 0 Å². The van der Waals surface area contributed by atoms with E-state index in [1.54, 1.807) is 0 Å². The molecule has 1 fully saturated rings. The van der Waals surface area contributed by atoms with Crippen molar-refractivity contribution < 1.29 is 4.74 Å². The minimum Gasteiger partial charge on any atom is -0.474 e. The normalized spacial score (nSPS) is 16.0. The summed E-state index contributed by atoms with van der Waals surface area (Å²) in [6.45, 7) is 0. The molecule has 1 aromatic carbocycles. The summed E-state index contributed by atoms with van der Waals surface area (Å²) in [4.78, 5) is 8.37. The first-order chi connectivity index (χ1) is 7.83. The van der Waals surface area contributed by atoms with Crippen molar-refractivity contribution in [3.63, 3.8) is 0 Å². The summed E-state index contributed by atoms with van der Waals surface area (Å²) in [5.41, 5.74) is 7.26. The molecular formula is C12H13N3O. The summed E-state index contributed by atoms with van der Waals surface area (Å²) < 4.78 is 5.81. The molecule has 0 spiro atoms. The number of nitrogen functional groups attached to an aromatic ring is 1. The maximum Gasteiger partial charge on any atom is 0.224 e. The van der Waals surface area contributed by atoms with Gasteiger partial charge in [0.2, 0.25) is 5.88 Å². The number of benzene rings is 1. The van der Waals surface area contributed by atoms with Gasteiger partial charge in [-0.15, -0.1) is 0 Å². The molecule has 1 aliphatic carbocycles. The minimum atomic E-state index is 0.329. The highest BCUT2D eigenvalue weighted by molar-refractivity contribution is 5.85. The van der Waals surface area contributed by atoms with Crippen molar-refractivity contribution in [2.45, 2.75) is 25.4 Å². The highest BCUT2D eigenvalue weighted by atomic mass is 16.5. The number of fused-ring (bicyclic) bond motifs is 1. The van der Waals surface area contributed by atoms with Gasteiger partial charge in [0, 0.05) is 5.69 Å². The zero-order valence-electron chi connectivity index (χ0n) is 8.89. The van der Waals surface area contributed by atoms with Gasteiger partial charge < -0.3 is 10.5 Å². The molecule has 3 rings (SSSR count). The molecule has 0 unspecified atom stereocenters. The third-order valence-electron chi connectivity index (χ3n) is 2.95. The predicted molar refractivity (Wildman–Crippen MR) is 62.2 cm³/mol. The lowest BCUT2D eigenvalue weighted by Crippen LogP contribution is -2.25. The van der Waals surface area contributed by atoms with E-state index in [0.29, 0.717) is 17.7 Å². The first-order valence-corrected chi connectivity index (χ1v) is 5.50. The second kappa shape index (κ2) is 3.63. The Morgan fingerprint density at radius 3 is 2.88 bits per heavy atom. The molecule has 16 heavy (non-hydrogen) atoms. The van der Waals surface area contributed by atoms with Crippen LogP contribution >= 0.6 is 0 Å². The summed E-state index contributed by atoms with van der Waals surface area (Å²) in [6, 6.07) is 5.60. The lowest BCUT2D eigenvalue weighted by atomic mass is 9.96. The second-order valence-corrected chi connectivity index (χ2v) is 4.13. The van der Waals surface area contributed by atoms with E-state index in [9.17, 15) is 0 Å². The molecule has 0 saturated heterocycles. The Balaban J connectivity index is 2.02. The van der Waals surface area contributed by atoms with Gasteiger partial charge in [0.1, 0.15) is 12.4 Å². The van der Waals surface area contributed by atoms with Crippen LogP contribution in [0.3, 0.4) is 0 Å². The van der Waals surface area contributed by atoms with Crippen LogP contribution < -0.4 is 10.5 Å². The Kier molecular flexibility index (Phi) is 2.13. The Labute approximate surface area is 93.5 Å². The van der Waals surface area contributed by atoms with Gasteiger partial charge in [-0.05, 0) is 37.5 Å². The van der Waals surface area contributed by atoms with Crippen LogP contribution in [0.25, 0.3) is 10.9 Å². The fourth-order valence-electron chi connectivity index (χ4n) is 1.79. The molecule has 0 amide bonds. The number of anilines is 1. The maximum absolute atomic E-state index is 5.81. The van der Waals surface area contributed by atoms with Crippen LogP contribution in [0.4, 0.5) is 5.69 Å². The van der Waals surface area contributed by atoms with Crippen molar-refractivity contribution in [1.82, 2.24) is 9.97 Å². The lowest BCUT2D eigenvalue weighted by molar-refractivity contribution is 0.116. The molecule has 4 nitrogen and oxygen atoms in total. The van der Waals surface area contributed by atoms with E-state index < -0.39 is 0 Å². The van der Waals surface area contributed by atoms with Gasteiger partial charge in [-0.3, -0.25) is 0 Å². The fraction of sp³-hybridized carbons (Fsp3) is 0.333. The molecule has 0 bridgehead atoms. The van der Waals surface area contributed by atoms with E-state index in [1.165, 1.54) is 12.7 Å². The minimum absolute atomic E-state index is 0.329. The van der Waals surface area contributed by atoms with Gasteiger partial charge in [0.25, 0.3) is 0 Å². The Morgan fingerprint density at radius 1 is 1.25 bits per heavy atom. The zero-order chi connectivity index (χ0) is 11.0. The molecule has 1 saturated carbocycles. The first kappa shape index (κ1) is 9.39. The van der Waals surface area contributed by atoms with Crippen molar-refractivity contribution in [2.75, 3.05) is 5.73 Å². The van der Waals surface area contributed by atoms with Gasteiger partial charge in [0.05, 0.1) is 10.9 Å². The van der Waals surface area contributed by atoms with Crippen molar-refractivity contribution in [3.8, 4) is 5.88 Å². The summed E-state index contributed by atoms with van der Waals surface area (Å²) in [6.07, 6.45) is 5.35. The highest BCUT2D eigenvalue weighted by Crippen LogP contribution is 2.28. The number of nitrogens with two attached hydrogens (primary N) is 1. The monoisotopic (exact) mass is 215 g/mol. The molecule has 1 aromatic heterocycles. The van der Waals surface area contributed by atoms with Crippen molar-refractivity contribution in [2.24, 2.45) is 0 Å². The largest absolute Gasteiger partial charge is 0.474 e. The average molecular weight is 215 g/mol. The standard InChI is InChI=1S/C12H13N3O/c13-8-4-5-10-11(6-8)14-7-15-12(10)16-9-2-1-3-9/h4-7,9H,1-3,13H2. The average Bonchev–Trinajstić information content (AvgIpc) is 2.23. The first-order valence-electron chi connectivity index (χ1n) is 5.50. The Morgan fingerprint density at radius 2 is 2.12 bits per heavy atom. The van der Waals surface area contributed by atoms with Crippen molar-refractivity contribution in [3.05, 3.63) is 24.5 Å². The quantitative estimate of drug-likeness (QED) is 0.780. The molecule has 2 aromatic rings. The third-order valence-corrected chi connectivity index (χ3v) is 2.95. The number of ether oxygens (including phenoxy) is 1. The molecule has 1 heterocycles. The predicted octanol–water partition coefficient (Wildman–Crippen LogP) is 2.14. The molecule has 1 aliphatic rings. The van der Waals surface area contributed by atoms with E-state index >= 15 is 0 Å². The molecule has 82 valence electrons. The summed E-state index contributed by atoms with van der Waals surface area (Å²) in [5, 5.41) is 0.934. The van der Waals surface area contributed by atoms with Crippen LogP contribution in [-0.4, -0.2) is 16.1 Å². The Bertz CT molecular complexity index is 523. The molecular weight excluding hydrogens is 202 g/mol.